The number of carbonyl (C=O) groups excluding carboxylic acids is 1. The smallest absolute Gasteiger partial charge is 0.244 e. The Morgan fingerprint density at radius 1 is 1.16 bits per heavy atom. The van der Waals surface area contributed by atoms with E-state index < -0.39 is 22.0 Å². The number of nitrogens with zero attached hydrogens (tertiary/aromatic N) is 2. The van der Waals surface area contributed by atoms with Crippen molar-refractivity contribution >= 4 is 55.6 Å². The zero-order valence-electron chi connectivity index (χ0n) is 17.6. The molecule has 0 radical (unpaired) electrons. The van der Waals surface area contributed by atoms with Gasteiger partial charge in [0.25, 0.3) is 0 Å². The van der Waals surface area contributed by atoms with E-state index in [2.05, 4.69) is 20.2 Å². The van der Waals surface area contributed by atoms with E-state index in [0.717, 1.165) is 11.1 Å². The van der Waals surface area contributed by atoms with Gasteiger partial charge in [-0.3, -0.25) is 10.1 Å². The molecule has 0 bridgehead atoms. The summed E-state index contributed by atoms with van der Waals surface area (Å²) >= 11 is 13.2. The van der Waals surface area contributed by atoms with Gasteiger partial charge in [-0.05, 0) is 37.1 Å². The van der Waals surface area contributed by atoms with Gasteiger partial charge in [-0.2, -0.15) is 4.72 Å². The second-order valence-corrected chi connectivity index (χ2v) is 10.8. The van der Waals surface area contributed by atoms with Crippen molar-refractivity contribution in [1.29, 1.82) is 0 Å². The van der Waals surface area contributed by atoms with E-state index in [9.17, 15) is 13.2 Å². The number of hydrogen-bond donors (Lipinski definition) is 2. The van der Waals surface area contributed by atoms with E-state index in [1.54, 1.807) is 6.92 Å². The summed E-state index contributed by atoms with van der Waals surface area (Å²) in [5, 5.41) is 12.0. The molecular weight excluding hydrogens is 491 g/mol. The summed E-state index contributed by atoms with van der Waals surface area (Å²) in [5.74, 6) is -0.833. The molecule has 3 rings (SSSR count). The van der Waals surface area contributed by atoms with Gasteiger partial charge in [0, 0.05) is 10.6 Å². The first-order valence-corrected chi connectivity index (χ1v) is 12.8. The summed E-state index contributed by atoms with van der Waals surface area (Å²) in [6, 6.07) is 10.8. The lowest BCUT2D eigenvalue weighted by molar-refractivity contribution is -0.118. The summed E-state index contributed by atoms with van der Waals surface area (Å²) in [5.41, 5.74) is 1.96. The van der Waals surface area contributed by atoms with E-state index in [1.807, 2.05) is 38.1 Å². The molecular formula is C21H22Cl2N4O3S2. The van der Waals surface area contributed by atoms with Crippen LogP contribution < -0.4 is 10.0 Å². The highest BCUT2D eigenvalue weighted by atomic mass is 35.5. The number of hydrogen-bond acceptors (Lipinski definition) is 6. The highest BCUT2D eigenvalue weighted by Gasteiger charge is 2.31. The molecule has 0 fully saturated rings. The highest BCUT2D eigenvalue weighted by molar-refractivity contribution is 7.89. The standard InChI is InChI=1S/C21H22Cl2N4O3S2/c1-4-13(3)18(27-32(29,30)17-11-15(22)8-9-16(17)23)19(28)24-21-26-25-20(31-21)14-7-5-6-12(2)10-14/h5-11,13,18,27H,4H2,1-3H3,(H,24,26,28). The van der Waals surface area contributed by atoms with Crippen LogP contribution in [0, 0.1) is 12.8 Å². The van der Waals surface area contributed by atoms with E-state index in [4.69, 9.17) is 23.2 Å². The third-order valence-corrected chi connectivity index (χ3v) is 7.93. The molecule has 3 aromatic rings. The number of nitrogens with one attached hydrogen (secondary N) is 2. The Bertz CT molecular complexity index is 1230. The first-order chi connectivity index (χ1) is 15.1. The number of sulfonamides is 1. The van der Waals surface area contributed by atoms with E-state index in [0.29, 0.717) is 11.4 Å². The Balaban J connectivity index is 1.82. The molecule has 0 aliphatic carbocycles. The Morgan fingerprint density at radius 2 is 1.91 bits per heavy atom. The molecule has 0 aliphatic rings. The predicted molar refractivity (Wildman–Crippen MR) is 129 cm³/mol. The molecule has 1 heterocycles. The maximum atomic E-state index is 13.0. The number of aryl methyl sites for hydroxylation is 1. The minimum atomic E-state index is -4.11. The van der Waals surface area contributed by atoms with E-state index in [-0.39, 0.29) is 26.0 Å². The van der Waals surface area contributed by atoms with Crippen LogP contribution >= 0.6 is 34.5 Å². The molecule has 1 amide bonds. The number of rotatable bonds is 8. The van der Waals surface area contributed by atoms with Crippen LogP contribution in [0.1, 0.15) is 25.8 Å². The minimum absolute atomic E-state index is 0.0112. The monoisotopic (exact) mass is 512 g/mol. The molecule has 32 heavy (non-hydrogen) atoms. The van der Waals surface area contributed by atoms with Gasteiger partial charge in [0.05, 0.1) is 5.02 Å². The fourth-order valence-electron chi connectivity index (χ4n) is 2.93. The number of anilines is 1. The van der Waals surface area contributed by atoms with Gasteiger partial charge in [-0.25, -0.2) is 8.42 Å². The summed E-state index contributed by atoms with van der Waals surface area (Å²) < 4.78 is 28.4. The van der Waals surface area contributed by atoms with Crippen molar-refractivity contribution in [3.8, 4) is 10.6 Å². The van der Waals surface area contributed by atoms with Crippen molar-refractivity contribution in [3.63, 3.8) is 0 Å². The fraction of sp³-hybridized carbons (Fsp3) is 0.286. The zero-order valence-corrected chi connectivity index (χ0v) is 20.7. The van der Waals surface area contributed by atoms with Crippen LogP contribution in [0.5, 0.6) is 0 Å². The number of benzene rings is 2. The Kier molecular flexibility index (Phi) is 7.89. The third-order valence-electron chi connectivity index (χ3n) is 4.88. The largest absolute Gasteiger partial charge is 0.299 e. The molecule has 2 N–H and O–H groups in total. The van der Waals surface area contributed by atoms with Crippen LogP contribution in [0.4, 0.5) is 5.13 Å². The summed E-state index contributed by atoms with van der Waals surface area (Å²) in [4.78, 5) is 12.8. The molecule has 1 aromatic heterocycles. The van der Waals surface area contributed by atoms with Crippen LogP contribution in [-0.2, 0) is 14.8 Å². The van der Waals surface area contributed by atoms with Gasteiger partial charge in [0.15, 0.2) is 0 Å². The molecule has 170 valence electrons. The van der Waals surface area contributed by atoms with Crippen molar-refractivity contribution in [1.82, 2.24) is 14.9 Å². The van der Waals surface area contributed by atoms with E-state index in [1.165, 1.54) is 29.5 Å². The second-order valence-electron chi connectivity index (χ2n) is 7.33. The second kappa shape index (κ2) is 10.3. The van der Waals surface area contributed by atoms with Crippen molar-refractivity contribution in [2.75, 3.05) is 5.32 Å². The van der Waals surface area contributed by atoms with Gasteiger partial charge < -0.3 is 0 Å². The van der Waals surface area contributed by atoms with E-state index >= 15 is 0 Å². The van der Waals surface area contributed by atoms with Crippen LogP contribution in [0.15, 0.2) is 47.4 Å². The molecule has 0 spiro atoms. The topological polar surface area (TPSA) is 101 Å². The maximum Gasteiger partial charge on any atom is 0.244 e. The SMILES string of the molecule is CCC(C)C(NS(=O)(=O)c1cc(Cl)ccc1Cl)C(=O)Nc1nnc(-c2cccc(C)c2)s1. The molecule has 0 aliphatic heterocycles. The molecule has 11 heteroatoms. The molecule has 2 atom stereocenters. The molecule has 2 aromatic carbocycles. The first kappa shape index (κ1) is 24.6. The Hall–Kier alpha value is -2.04. The molecule has 2 unspecified atom stereocenters. The quantitative estimate of drug-likeness (QED) is 0.434. The fourth-order valence-corrected chi connectivity index (χ4v) is 5.74. The molecule has 0 saturated carbocycles. The third kappa shape index (κ3) is 5.85. The van der Waals surface area contributed by atoms with Gasteiger partial charge in [0.2, 0.25) is 21.1 Å². The van der Waals surface area contributed by atoms with Crippen molar-refractivity contribution in [2.45, 2.75) is 38.1 Å². The number of halogens is 2. The van der Waals surface area contributed by atoms with Gasteiger partial charge in [-0.1, -0.05) is 78.6 Å². The number of aromatic nitrogens is 2. The lowest BCUT2D eigenvalue weighted by atomic mass is 9.99. The maximum absolute atomic E-state index is 13.0. The average molecular weight is 513 g/mol. The molecule has 0 saturated heterocycles. The van der Waals surface area contributed by atoms with Gasteiger partial charge in [0.1, 0.15) is 15.9 Å². The number of carbonyl (C=O) groups is 1. The summed E-state index contributed by atoms with van der Waals surface area (Å²) in [7, 11) is -4.11. The lowest BCUT2D eigenvalue weighted by Gasteiger charge is -2.23. The Morgan fingerprint density at radius 3 is 2.59 bits per heavy atom. The van der Waals surface area contributed by atoms with Crippen molar-refractivity contribution in [3.05, 3.63) is 58.1 Å². The molecule has 7 nitrogen and oxygen atoms in total. The summed E-state index contributed by atoms with van der Waals surface area (Å²) in [6.45, 7) is 5.62. The Labute approximate surface area is 201 Å². The van der Waals surface area contributed by atoms with Crippen LogP contribution in [0.25, 0.3) is 10.6 Å². The first-order valence-electron chi connectivity index (χ1n) is 9.79. The zero-order chi connectivity index (χ0) is 23.5. The average Bonchev–Trinajstić information content (AvgIpc) is 3.21. The van der Waals surface area contributed by atoms with Crippen molar-refractivity contribution in [2.24, 2.45) is 5.92 Å². The van der Waals surface area contributed by atoms with Gasteiger partial charge in [-0.15, -0.1) is 10.2 Å². The normalized spacial score (nSPS) is 13.5. The van der Waals surface area contributed by atoms with Crippen LogP contribution in [0.2, 0.25) is 10.0 Å². The highest BCUT2D eigenvalue weighted by Crippen LogP contribution is 2.28. The minimum Gasteiger partial charge on any atom is -0.299 e. The van der Waals surface area contributed by atoms with Crippen LogP contribution in [0.3, 0.4) is 0 Å². The summed E-state index contributed by atoms with van der Waals surface area (Å²) in [6.07, 6.45) is 0.564. The van der Waals surface area contributed by atoms with Crippen molar-refractivity contribution < 1.29 is 13.2 Å². The predicted octanol–water partition coefficient (Wildman–Crippen LogP) is 5.15. The van der Waals surface area contributed by atoms with Gasteiger partial charge >= 0.3 is 0 Å². The number of amides is 1. The van der Waals surface area contributed by atoms with Crippen LogP contribution in [-0.4, -0.2) is 30.6 Å². The lowest BCUT2D eigenvalue weighted by Crippen LogP contribution is -2.47.